The standard InChI is InChI=1S/C13H25N3S2/c1-13(2,3)11-10(9-14-4)18-12(15-11)16(5)7-8-17-6/h14H,7-9H2,1-6H3. The van der Waals surface area contributed by atoms with Crippen molar-refractivity contribution in [3.05, 3.63) is 10.6 Å². The third kappa shape index (κ3) is 4.14. The molecule has 0 radical (unpaired) electrons. The van der Waals surface area contributed by atoms with Crippen molar-refractivity contribution in [1.82, 2.24) is 10.3 Å². The fraction of sp³-hybridized carbons (Fsp3) is 0.769. The second kappa shape index (κ2) is 6.78. The molecule has 0 unspecified atom stereocenters. The van der Waals surface area contributed by atoms with Crippen LogP contribution in [0, 0.1) is 0 Å². The third-order valence-electron chi connectivity index (χ3n) is 2.69. The predicted molar refractivity (Wildman–Crippen MR) is 85.2 cm³/mol. The zero-order chi connectivity index (χ0) is 13.8. The average molecular weight is 287 g/mol. The number of aromatic nitrogens is 1. The van der Waals surface area contributed by atoms with E-state index in [-0.39, 0.29) is 5.41 Å². The van der Waals surface area contributed by atoms with E-state index in [1.807, 2.05) is 30.1 Å². The lowest BCUT2D eigenvalue weighted by atomic mass is 9.91. The molecule has 1 aromatic heterocycles. The Morgan fingerprint density at radius 2 is 2.06 bits per heavy atom. The minimum Gasteiger partial charge on any atom is -0.350 e. The van der Waals surface area contributed by atoms with E-state index in [0.29, 0.717) is 0 Å². The number of thioether (sulfide) groups is 1. The molecule has 0 saturated heterocycles. The largest absolute Gasteiger partial charge is 0.350 e. The summed E-state index contributed by atoms with van der Waals surface area (Å²) >= 11 is 3.69. The first-order chi connectivity index (χ1) is 8.40. The van der Waals surface area contributed by atoms with Crippen LogP contribution in [0.2, 0.25) is 0 Å². The predicted octanol–water partition coefficient (Wildman–Crippen LogP) is 2.96. The fourth-order valence-corrected chi connectivity index (χ4v) is 3.42. The summed E-state index contributed by atoms with van der Waals surface area (Å²) in [6, 6.07) is 0. The second-order valence-electron chi connectivity index (χ2n) is 5.46. The lowest BCUT2D eigenvalue weighted by molar-refractivity contribution is 0.563. The van der Waals surface area contributed by atoms with Crippen LogP contribution in [-0.4, -0.2) is 37.6 Å². The zero-order valence-corrected chi connectivity index (χ0v) is 14.0. The molecular formula is C13H25N3S2. The van der Waals surface area contributed by atoms with E-state index in [4.69, 9.17) is 4.98 Å². The molecule has 0 aromatic carbocycles. The van der Waals surface area contributed by atoms with Crippen molar-refractivity contribution in [3.8, 4) is 0 Å². The summed E-state index contributed by atoms with van der Waals surface area (Å²) in [5.41, 5.74) is 1.34. The number of anilines is 1. The Hall–Kier alpha value is -0.260. The normalized spacial score (nSPS) is 11.9. The van der Waals surface area contributed by atoms with Crippen molar-refractivity contribution < 1.29 is 0 Å². The zero-order valence-electron chi connectivity index (χ0n) is 12.3. The quantitative estimate of drug-likeness (QED) is 0.871. The number of hydrogen-bond acceptors (Lipinski definition) is 5. The van der Waals surface area contributed by atoms with Gasteiger partial charge < -0.3 is 10.2 Å². The van der Waals surface area contributed by atoms with Crippen molar-refractivity contribution in [2.24, 2.45) is 0 Å². The fourth-order valence-electron chi connectivity index (χ4n) is 1.69. The molecule has 104 valence electrons. The Bertz CT molecular complexity index is 369. The van der Waals surface area contributed by atoms with Crippen molar-refractivity contribution >= 4 is 28.2 Å². The number of hydrogen-bond donors (Lipinski definition) is 1. The molecule has 1 heterocycles. The van der Waals surface area contributed by atoms with E-state index >= 15 is 0 Å². The maximum atomic E-state index is 4.85. The van der Waals surface area contributed by atoms with Crippen LogP contribution in [0.1, 0.15) is 31.3 Å². The molecular weight excluding hydrogens is 262 g/mol. The average Bonchev–Trinajstić information content (AvgIpc) is 2.70. The van der Waals surface area contributed by atoms with E-state index in [1.165, 1.54) is 10.6 Å². The van der Waals surface area contributed by atoms with Gasteiger partial charge >= 0.3 is 0 Å². The summed E-state index contributed by atoms with van der Waals surface area (Å²) in [5.74, 6) is 1.14. The molecule has 0 saturated carbocycles. The van der Waals surface area contributed by atoms with Gasteiger partial charge in [-0.3, -0.25) is 0 Å². The number of nitrogens with zero attached hydrogens (tertiary/aromatic N) is 2. The minimum absolute atomic E-state index is 0.112. The first kappa shape index (κ1) is 15.8. The maximum Gasteiger partial charge on any atom is 0.185 e. The van der Waals surface area contributed by atoms with Crippen LogP contribution in [0.5, 0.6) is 0 Å². The molecule has 0 aliphatic heterocycles. The summed E-state index contributed by atoms with van der Waals surface area (Å²) in [4.78, 5) is 8.46. The molecule has 0 spiro atoms. The molecule has 0 bridgehead atoms. The summed E-state index contributed by atoms with van der Waals surface area (Å²) < 4.78 is 0. The van der Waals surface area contributed by atoms with Crippen LogP contribution >= 0.6 is 23.1 Å². The van der Waals surface area contributed by atoms with Crippen molar-refractivity contribution in [2.45, 2.75) is 32.7 Å². The Balaban J connectivity index is 2.94. The highest BCUT2D eigenvalue weighted by Gasteiger charge is 2.23. The highest BCUT2D eigenvalue weighted by molar-refractivity contribution is 7.98. The first-order valence-corrected chi connectivity index (χ1v) is 8.46. The Morgan fingerprint density at radius 3 is 2.56 bits per heavy atom. The van der Waals surface area contributed by atoms with Gasteiger partial charge in [0.25, 0.3) is 0 Å². The molecule has 1 N–H and O–H groups in total. The number of nitrogens with one attached hydrogen (secondary N) is 1. The van der Waals surface area contributed by atoms with E-state index in [9.17, 15) is 0 Å². The van der Waals surface area contributed by atoms with Gasteiger partial charge in [-0.15, -0.1) is 11.3 Å². The molecule has 5 heteroatoms. The van der Waals surface area contributed by atoms with Gasteiger partial charge in [0.1, 0.15) is 0 Å². The second-order valence-corrected chi connectivity index (χ2v) is 7.51. The van der Waals surface area contributed by atoms with Gasteiger partial charge in [0.2, 0.25) is 0 Å². The Kier molecular flexibility index (Phi) is 5.95. The van der Waals surface area contributed by atoms with E-state index in [1.54, 1.807) is 0 Å². The summed E-state index contributed by atoms with van der Waals surface area (Å²) in [5, 5.41) is 4.38. The van der Waals surface area contributed by atoms with Gasteiger partial charge in [-0.1, -0.05) is 20.8 Å². The van der Waals surface area contributed by atoms with Crippen LogP contribution in [-0.2, 0) is 12.0 Å². The molecule has 1 aromatic rings. The van der Waals surface area contributed by atoms with E-state index < -0.39 is 0 Å². The maximum absolute atomic E-state index is 4.85. The number of rotatable bonds is 6. The summed E-state index contributed by atoms with van der Waals surface area (Å²) in [6.45, 7) is 8.64. The Labute approximate surface area is 119 Å². The topological polar surface area (TPSA) is 28.2 Å². The van der Waals surface area contributed by atoms with Crippen LogP contribution in [0.25, 0.3) is 0 Å². The van der Waals surface area contributed by atoms with Gasteiger partial charge in [-0.05, 0) is 13.3 Å². The van der Waals surface area contributed by atoms with Crippen molar-refractivity contribution in [3.63, 3.8) is 0 Å². The first-order valence-electron chi connectivity index (χ1n) is 6.25. The molecule has 0 aliphatic carbocycles. The minimum atomic E-state index is 0.112. The molecule has 0 atom stereocenters. The van der Waals surface area contributed by atoms with Gasteiger partial charge in [-0.25, -0.2) is 4.98 Å². The third-order valence-corrected chi connectivity index (χ3v) is 4.45. The van der Waals surface area contributed by atoms with Crippen LogP contribution in [0.3, 0.4) is 0 Å². The van der Waals surface area contributed by atoms with Crippen molar-refractivity contribution in [1.29, 1.82) is 0 Å². The van der Waals surface area contributed by atoms with E-state index in [2.05, 4.69) is 44.3 Å². The van der Waals surface area contributed by atoms with Crippen molar-refractivity contribution in [2.75, 3.05) is 37.5 Å². The van der Waals surface area contributed by atoms with Crippen LogP contribution in [0.4, 0.5) is 5.13 Å². The van der Waals surface area contributed by atoms with Gasteiger partial charge in [0.15, 0.2) is 5.13 Å². The molecule has 3 nitrogen and oxygen atoms in total. The highest BCUT2D eigenvalue weighted by Crippen LogP contribution is 2.33. The molecule has 1 rings (SSSR count). The molecule has 18 heavy (non-hydrogen) atoms. The van der Waals surface area contributed by atoms with Gasteiger partial charge in [-0.2, -0.15) is 11.8 Å². The molecule has 0 fully saturated rings. The summed E-state index contributed by atoms with van der Waals surface area (Å²) in [7, 11) is 4.12. The van der Waals surface area contributed by atoms with Crippen LogP contribution < -0.4 is 10.2 Å². The number of thiazole rings is 1. The van der Waals surface area contributed by atoms with Gasteiger partial charge in [0, 0.05) is 36.2 Å². The molecule has 0 amide bonds. The van der Waals surface area contributed by atoms with E-state index in [0.717, 1.165) is 24.0 Å². The lowest BCUT2D eigenvalue weighted by Gasteiger charge is -2.18. The highest BCUT2D eigenvalue weighted by atomic mass is 32.2. The molecule has 0 aliphatic rings. The smallest absolute Gasteiger partial charge is 0.185 e. The van der Waals surface area contributed by atoms with Crippen LogP contribution in [0.15, 0.2) is 0 Å². The monoisotopic (exact) mass is 287 g/mol. The van der Waals surface area contributed by atoms with Gasteiger partial charge in [0.05, 0.1) is 5.69 Å². The Morgan fingerprint density at radius 1 is 1.39 bits per heavy atom. The SMILES string of the molecule is CNCc1sc(N(C)CCSC)nc1C(C)(C)C. The summed E-state index contributed by atoms with van der Waals surface area (Å²) in [6.07, 6.45) is 2.14. The lowest BCUT2D eigenvalue weighted by Crippen LogP contribution is -2.21.